The molecule has 1 atom stereocenters. The van der Waals surface area contributed by atoms with E-state index >= 15 is 0 Å². The van der Waals surface area contributed by atoms with Crippen LogP contribution in [-0.2, 0) is 4.79 Å². The van der Waals surface area contributed by atoms with Gasteiger partial charge in [0, 0.05) is 37.6 Å². The molecule has 1 fully saturated rings. The van der Waals surface area contributed by atoms with Gasteiger partial charge >= 0.3 is 6.03 Å². The first-order valence-corrected chi connectivity index (χ1v) is 8.85. The first-order chi connectivity index (χ1) is 12.6. The summed E-state index contributed by atoms with van der Waals surface area (Å²) in [6.07, 6.45) is 0. The average Bonchev–Trinajstić information content (AvgIpc) is 2.69. The second-order valence-corrected chi connectivity index (χ2v) is 6.33. The normalized spacial score (nSPS) is 15.3. The Labute approximate surface area is 153 Å². The number of anilines is 2. The molecule has 0 unspecified atom stereocenters. The predicted octanol–water partition coefficient (Wildman–Crippen LogP) is 2.55. The minimum Gasteiger partial charge on any atom is -0.368 e. The first-order valence-electron chi connectivity index (χ1n) is 8.85. The Kier molecular flexibility index (Phi) is 5.73. The fourth-order valence-corrected chi connectivity index (χ4v) is 3.04. The maximum Gasteiger partial charge on any atom is 0.319 e. The minimum absolute atomic E-state index is 0.0547. The Morgan fingerprint density at radius 2 is 1.46 bits per heavy atom. The number of para-hydroxylation sites is 2. The van der Waals surface area contributed by atoms with Gasteiger partial charge in [-0.25, -0.2) is 4.79 Å². The molecular formula is C20H24N4O2. The van der Waals surface area contributed by atoms with E-state index < -0.39 is 6.04 Å². The predicted molar refractivity (Wildman–Crippen MR) is 103 cm³/mol. The van der Waals surface area contributed by atoms with Crippen LogP contribution in [-0.4, -0.2) is 49.1 Å². The van der Waals surface area contributed by atoms with Crippen molar-refractivity contribution in [3.05, 3.63) is 60.7 Å². The van der Waals surface area contributed by atoms with Crippen LogP contribution >= 0.6 is 0 Å². The molecule has 6 heteroatoms. The van der Waals surface area contributed by atoms with Crippen LogP contribution < -0.4 is 15.5 Å². The average molecular weight is 352 g/mol. The second-order valence-electron chi connectivity index (χ2n) is 6.33. The maximum atomic E-state index is 12.6. The molecule has 0 aliphatic carbocycles. The van der Waals surface area contributed by atoms with E-state index in [1.54, 1.807) is 19.1 Å². The van der Waals surface area contributed by atoms with Crippen LogP contribution in [0.25, 0.3) is 0 Å². The molecule has 1 saturated heterocycles. The Morgan fingerprint density at radius 1 is 0.885 bits per heavy atom. The summed E-state index contributed by atoms with van der Waals surface area (Å²) in [5.74, 6) is -0.0547. The van der Waals surface area contributed by atoms with Crippen molar-refractivity contribution in [2.75, 3.05) is 36.4 Å². The second kappa shape index (κ2) is 8.38. The van der Waals surface area contributed by atoms with Crippen LogP contribution in [0.1, 0.15) is 6.92 Å². The number of benzene rings is 2. The van der Waals surface area contributed by atoms with Gasteiger partial charge in [-0.05, 0) is 31.2 Å². The molecular weight excluding hydrogens is 328 g/mol. The number of carbonyl (C=O) groups is 2. The molecule has 0 saturated carbocycles. The van der Waals surface area contributed by atoms with Gasteiger partial charge < -0.3 is 20.4 Å². The first kappa shape index (κ1) is 17.8. The fraction of sp³-hybridized carbons (Fsp3) is 0.300. The Bertz CT molecular complexity index is 728. The van der Waals surface area contributed by atoms with Crippen molar-refractivity contribution in [1.29, 1.82) is 0 Å². The number of piperazine rings is 1. The summed E-state index contributed by atoms with van der Waals surface area (Å²) in [5, 5.41) is 5.44. The van der Waals surface area contributed by atoms with Crippen LogP contribution in [0.4, 0.5) is 16.2 Å². The zero-order valence-electron chi connectivity index (χ0n) is 14.9. The van der Waals surface area contributed by atoms with Crippen molar-refractivity contribution in [2.24, 2.45) is 0 Å². The molecule has 0 spiro atoms. The summed E-state index contributed by atoms with van der Waals surface area (Å²) in [5.41, 5.74) is 1.87. The number of carbonyl (C=O) groups excluding carboxylic acids is 2. The molecule has 1 aliphatic rings. The SMILES string of the molecule is C[C@H](NC(=O)Nc1ccccc1)C(=O)N1CCN(c2ccccc2)CC1. The van der Waals surface area contributed by atoms with Gasteiger partial charge in [-0.2, -0.15) is 0 Å². The molecule has 0 bridgehead atoms. The van der Waals surface area contributed by atoms with E-state index in [2.05, 4.69) is 27.7 Å². The highest BCUT2D eigenvalue weighted by molar-refractivity contribution is 5.93. The van der Waals surface area contributed by atoms with E-state index in [4.69, 9.17) is 0 Å². The van der Waals surface area contributed by atoms with E-state index in [1.165, 1.54) is 5.69 Å². The van der Waals surface area contributed by atoms with E-state index in [-0.39, 0.29) is 11.9 Å². The Hall–Kier alpha value is -3.02. The third-order valence-electron chi connectivity index (χ3n) is 4.46. The van der Waals surface area contributed by atoms with Gasteiger partial charge in [0.05, 0.1) is 0 Å². The van der Waals surface area contributed by atoms with Gasteiger partial charge in [0.2, 0.25) is 5.91 Å². The molecule has 3 amide bonds. The van der Waals surface area contributed by atoms with E-state index in [0.717, 1.165) is 13.1 Å². The molecule has 26 heavy (non-hydrogen) atoms. The van der Waals surface area contributed by atoms with Crippen LogP contribution in [0.15, 0.2) is 60.7 Å². The zero-order valence-corrected chi connectivity index (χ0v) is 14.9. The van der Waals surface area contributed by atoms with Crippen molar-refractivity contribution in [3.63, 3.8) is 0 Å². The third-order valence-corrected chi connectivity index (χ3v) is 4.46. The molecule has 2 aromatic rings. The highest BCUT2D eigenvalue weighted by atomic mass is 16.2. The molecule has 0 radical (unpaired) electrons. The van der Waals surface area contributed by atoms with Crippen LogP contribution in [0.3, 0.4) is 0 Å². The number of hydrogen-bond acceptors (Lipinski definition) is 3. The third kappa shape index (κ3) is 4.53. The summed E-state index contributed by atoms with van der Waals surface area (Å²) in [4.78, 5) is 28.7. The van der Waals surface area contributed by atoms with Gasteiger partial charge in [-0.1, -0.05) is 36.4 Å². The van der Waals surface area contributed by atoms with Crippen LogP contribution in [0, 0.1) is 0 Å². The summed E-state index contributed by atoms with van der Waals surface area (Å²) in [7, 11) is 0. The van der Waals surface area contributed by atoms with Crippen molar-refractivity contribution in [3.8, 4) is 0 Å². The van der Waals surface area contributed by atoms with Crippen molar-refractivity contribution in [1.82, 2.24) is 10.2 Å². The Morgan fingerprint density at radius 3 is 2.08 bits per heavy atom. The summed E-state index contributed by atoms with van der Waals surface area (Å²) in [6, 6.07) is 18.4. The largest absolute Gasteiger partial charge is 0.368 e. The number of urea groups is 1. The minimum atomic E-state index is -0.568. The maximum absolute atomic E-state index is 12.6. The van der Waals surface area contributed by atoms with Gasteiger partial charge in [-0.15, -0.1) is 0 Å². The lowest BCUT2D eigenvalue weighted by Crippen LogP contribution is -2.54. The molecule has 1 heterocycles. The lowest BCUT2D eigenvalue weighted by atomic mass is 10.2. The number of nitrogens with one attached hydrogen (secondary N) is 2. The van der Waals surface area contributed by atoms with Crippen molar-refractivity contribution < 1.29 is 9.59 Å². The van der Waals surface area contributed by atoms with Gasteiger partial charge in [0.1, 0.15) is 6.04 Å². The van der Waals surface area contributed by atoms with Gasteiger partial charge in [-0.3, -0.25) is 4.79 Å². The standard InChI is InChI=1S/C20H24N4O2/c1-16(21-20(26)22-17-8-4-2-5-9-17)19(25)24-14-12-23(13-15-24)18-10-6-3-7-11-18/h2-11,16H,12-15H2,1H3,(H2,21,22,26)/t16-/m0/s1. The monoisotopic (exact) mass is 352 g/mol. The topological polar surface area (TPSA) is 64.7 Å². The van der Waals surface area contributed by atoms with Crippen molar-refractivity contribution in [2.45, 2.75) is 13.0 Å². The van der Waals surface area contributed by atoms with E-state index in [9.17, 15) is 9.59 Å². The lowest BCUT2D eigenvalue weighted by molar-refractivity contribution is -0.133. The molecule has 0 aromatic heterocycles. The summed E-state index contributed by atoms with van der Waals surface area (Å²) >= 11 is 0. The fourth-order valence-electron chi connectivity index (χ4n) is 3.04. The molecule has 3 rings (SSSR count). The Balaban J connectivity index is 1.47. The number of hydrogen-bond donors (Lipinski definition) is 2. The van der Waals surface area contributed by atoms with E-state index in [0.29, 0.717) is 18.8 Å². The van der Waals surface area contributed by atoms with Gasteiger partial charge in [0.15, 0.2) is 0 Å². The lowest BCUT2D eigenvalue weighted by Gasteiger charge is -2.37. The number of nitrogens with zero attached hydrogens (tertiary/aromatic N) is 2. The van der Waals surface area contributed by atoms with Crippen LogP contribution in [0.5, 0.6) is 0 Å². The summed E-state index contributed by atoms with van der Waals surface area (Å²) < 4.78 is 0. The zero-order chi connectivity index (χ0) is 18.4. The smallest absolute Gasteiger partial charge is 0.319 e. The van der Waals surface area contributed by atoms with Gasteiger partial charge in [0.25, 0.3) is 0 Å². The number of rotatable bonds is 4. The quantitative estimate of drug-likeness (QED) is 0.889. The molecule has 1 aliphatic heterocycles. The van der Waals surface area contributed by atoms with Crippen molar-refractivity contribution >= 4 is 23.3 Å². The van der Waals surface area contributed by atoms with Crippen LogP contribution in [0.2, 0.25) is 0 Å². The highest BCUT2D eigenvalue weighted by Crippen LogP contribution is 2.16. The molecule has 136 valence electrons. The van der Waals surface area contributed by atoms with E-state index in [1.807, 2.05) is 41.3 Å². The molecule has 2 aromatic carbocycles. The summed E-state index contributed by atoms with van der Waals surface area (Å²) in [6.45, 7) is 4.61. The number of amides is 3. The molecule has 6 nitrogen and oxygen atoms in total. The highest BCUT2D eigenvalue weighted by Gasteiger charge is 2.25. The molecule has 2 N–H and O–H groups in total.